The van der Waals surface area contributed by atoms with Gasteiger partial charge in [-0.3, -0.25) is 14.8 Å². The van der Waals surface area contributed by atoms with Gasteiger partial charge >= 0.3 is 0 Å². The van der Waals surface area contributed by atoms with E-state index in [-0.39, 0.29) is 18.4 Å². The van der Waals surface area contributed by atoms with Gasteiger partial charge in [0.05, 0.1) is 6.54 Å². The molecular weight excluding hydrogens is 422 g/mol. The van der Waals surface area contributed by atoms with Gasteiger partial charge in [-0.15, -0.1) is 0 Å². The van der Waals surface area contributed by atoms with E-state index in [1.807, 2.05) is 20.3 Å². The maximum absolute atomic E-state index is 14.5. The smallest absolute Gasteiger partial charge is 0.251 e. The summed E-state index contributed by atoms with van der Waals surface area (Å²) in [4.78, 5) is 23.5. The quantitative estimate of drug-likeness (QED) is 0.585. The number of amides is 1. The maximum Gasteiger partial charge on any atom is 0.251 e. The third-order valence-corrected chi connectivity index (χ3v) is 7.24. The first-order valence-electron chi connectivity index (χ1n) is 11.5. The molecular formula is C26H32F2N4O. The lowest BCUT2D eigenvalue weighted by atomic mass is 9.77. The molecule has 1 amide bonds. The molecule has 33 heavy (non-hydrogen) atoms. The Morgan fingerprint density at radius 3 is 2.70 bits per heavy atom. The van der Waals surface area contributed by atoms with Crippen molar-refractivity contribution in [3.63, 3.8) is 0 Å². The molecule has 4 rings (SSSR count). The lowest BCUT2D eigenvalue weighted by molar-refractivity contribution is -0.123. The Hall–Kier alpha value is -2.67. The fourth-order valence-corrected chi connectivity index (χ4v) is 4.93. The van der Waals surface area contributed by atoms with Gasteiger partial charge in [-0.25, -0.2) is 8.78 Å². The number of carbonyl (C=O) groups excluding carboxylic acids is 1. The van der Waals surface area contributed by atoms with E-state index in [1.165, 1.54) is 11.1 Å². The molecule has 1 aliphatic carbocycles. The lowest BCUT2D eigenvalue weighted by Gasteiger charge is -2.32. The minimum Gasteiger partial charge on any atom is -0.355 e. The number of hydrogen-bond donors (Lipinski definition) is 1. The summed E-state index contributed by atoms with van der Waals surface area (Å²) in [6.07, 6.45) is 6.79. The third-order valence-electron chi connectivity index (χ3n) is 7.24. The zero-order valence-corrected chi connectivity index (χ0v) is 19.5. The van der Waals surface area contributed by atoms with Gasteiger partial charge in [0, 0.05) is 48.9 Å². The number of fused-ring (bicyclic) bond motifs is 1. The van der Waals surface area contributed by atoms with Gasteiger partial charge in [0.2, 0.25) is 5.91 Å². The molecule has 7 heteroatoms. The summed E-state index contributed by atoms with van der Waals surface area (Å²) < 4.78 is 29.1. The number of aromatic nitrogens is 1. The van der Waals surface area contributed by atoms with Crippen LogP contribution >= 0.6 is 0 Å². The van der Waals surface area contributed by atoms with E-state index < -0.39 is 17.3 Å². The van der Waals surface area contributed by atoms with Crippen molar-refractivity contribution in [2.75, 3.05) is 20.6 Å². The van der Waals surface area contributed by atoms with Gasteiger partial charge in [0.25, 0.3) is 5.92 Å². The largest absolute Gasteiger partial charge is 0.355 e. The molecule has 1 aromatic heterocycles. The molecule has 5 nitrogen and oxygen atoms in total. The summed E-state index contributed by atoms with van der Waals surface area (Å²) in [6, 6.07) is 10.0. The molecule has 176 valence electrons. The van der Waals surface area contributed by atoms with Crippen molar-refractivity contribution in [1.82, 2.24) is 15.2 Å². The monoisotopic (exact) mass is 454 g/mol. The standard InChI is InChI=1S/C26H32F2N4O/c1-25(27,28)26(8-9-26)23(20-5-4-10-29-15-20)13-24(33)31-17-22(32(2)3)12-18-6-7-19-14-30-16-21(19)11-18/h4-7,10-11,14-15,22-23H,8-9,12-13,16-17H2,1-3H3,(H,31,33)/t22-,23-/m0/s1. The first-order valence-corrected chi connectivity index (χ1v) is 11.5. The Kier molecular flexibility index (Phi) is 6.61. The van der Waals surface area contributed by atoms with Crippen molar-refractivity contribution in [2.45, 2.75) is 57.0 Å². The van der Waals surface area contributed by atoms with Crippen LogP contribution < -0.4 is 5.32 Å². The second kappa shape index (κ2) is 9.29. The third kappa shape index (κ3) is 5.13. The van der Waals surface area contributed by atoms with Gasteiger partial charge in [0.15, 0.2) is 0 Å². The molecule has 0 unspecified atom stereocenters. The highest BCUT2D eigenvalue weighted by Gasteiger charge is 2.63. The number of rotatable bonds is 10. The number of likely N-dealkylation sites (N-methyl/N-ethyl adjacent to an activating group) is 1. The Morgan fingerprint density at radius 2 is 2.06 bits per heavy atom. The number of benzene rings is 1. The second-order valence-corrected chi connectivity index (χ2v) is 9.72. The van der Waals surface area contributed by atoms with Gasteiger partial charge in [-0.2, -0.15) is 0 Å². The number of nitrogens with zero attached hydrogens (tertiary/aromatic N) is 3. The van der Waals surface area contributed by atoms with Crippen molar-refractivity contribution in [3.8, 4) is 0 Å². The van der Waals surface area contributed by atoms with E-state index in [1.54, 1.807) is 24.5 Å². The topological polar surface area (TPSA) is 57.6 Å². The summed E-state index contributed by atoms with van der Waals surface area (Å²) in [5, 5.41) is 3.02. The number of pyridine rings is 1. The van der Waals surface area contributed by atoms with Crippen LogP contribution in [-0.2, 0) is 17.8 Å². The van der Waals surface area contributed by atoms with Gasteiger partial charge in [-0.05, 0) is 68.6 Å². The Labute approximate surface area is 194 Å². The fourth-order valence-electron chi connectivity index (χ4n) is 4.93. The Balaban J connectivity index is 1.41. The average molecular weight is 455 g/mol. The van der Waals surface area contributed by atoms with E-state index in [9.17, 15) is 13.6 Å². The molecule has 1 fully saturated rings. The lowest BCUT2D eigenvalue weighted by Crippen LogP contribution is -2.43. The summed E-state index contributed by atoms with van der Waals surface area (Å²) in [6.45, 7) is 2.14. The highest BCUT2D eigenvalue weighted by Crippen LogP contribution is 2.65. The van der Waals surface area contributed by atoms with Crippen LogP contribution in [0.4, 0.5) is 8.78 Å². The molecule has 0 radical (unpaired) electrons. The summed E-state index contributed by atoms with van der Waals surface area (Å²) in [5.41, 5.74) is 3.13. The molecule has 0 bridgehead atoms. The summed E-state index contributed by atoms with van der Waals surface area (Å²) >= 11 is 0. The molecule has 2 atom stereocenters. The molecule has 1 aromatic carbocycles. The molecule has 1 saturated carbocycles. The number of aliphatic imine (C=N–C) groups is 1. The van der Waals surface area contributed by atoms with E-state index >= 15 is 0 Å². The van der Waals surface area contributed by atoms with E-state index in [4.69, 9.17) is 0 Å². The predicted octanol–water partition coefficient (Wildman–Crippen LogP) is 4.21. The highest BCUT2D eigenvalue weighted by molar-refractivity contribution is 5.84. The molecule has 2 aromatic rings. The first-order chi connectivity index (χ1) is 15.7. The zero-order valence-electron chi connectivity index (χ0n) is 19.5. The van der Waals surface area contributed by atoms with Crippen molar-refractivity contribution >= 4 is 12.1 Å². The normalized spacial score (nSPS) is 18.1. The molecule has 0 saturated heterocycles. The van der Waals surface area contributed by atoms with Gasteiger partial charge < -0.3 is 10.2 Å². The fraction of sp³-hybridized carbons (Fsp3) is 0.500. The van der Waals surface area contributed by atoms with Crippen LogP contribution in [0.3, 0.4) is 0 Å². The number of carbonyl (C=O) groups is 1. The first kappa shape index (κ1) is 23.5. The highest BCUT2D eigenvalue weighted by atomic mass is 19.3. The van der Waals surface area contributed by atoms with E-state index in [2.05, 4.69) is 38.4 Å². The van der Waals surface area contributed by atoms with Crippen LogP contribution in [-0.4, -0.2) is 54.6 Å². The van der Waals surface area contributed by atoms with Crippen molar-refractivity contribution in [1.29, 1.82) is 0 Å². The minimum absolute atomic E-state index is 0.0332. The minimum atomic E-state index is -2.85. The molecule has 1 aliphatic heterocycles. The average Bonchev–Trinajstić information content (AvgIpc) is 3.47. The Morgan fingerprint density at radius 1 is 1.27 bits per heavy atom. The molecule has 0 spiro atoms. The SMILES string of the molecule is CN(C)[C@H](CNC(=O)C[C@@H](c1cccnc1)C1(C(C)(F)F)CC1)Cc1ccc2c(c1)CN=C2. The Bertz CT molecular complexity index is 1010. The van der Waals surface area contributed by atoms with Gasteiger partial charge in [-0.1, -0.05) is 24.3 Å². The maximum atomic E-state index is 14.5. The molecule has 2 heterocycles. The predicted molar refractivity (Wildman–Crippen MR) is 126 cm³/mol. The van der Waals surface area contributed by atoms with Crippen LogP contribution in [0, 0.1) is 5.41 Å². The number of nitrogens with one attached hydrogen (secondary N) is 1. The van der Waals surface area contributed by atoms with E-state index in [0.29, 0.717) is 31.5 Å². The van der Waals surface area contributed by atoms with Gasteiger partial charge in [0.1, 0.15) is 0 Å². The summed E-state index contributed by atoms with van der Waals surface area (Å²) in [5.74, 6) is -3.61. The number of alkyl halides is 2. The van der Waals surface area contributed by atoms with E-state index in [0.717, 1.165) is 18.9 Å². The van der Waals surface area contributed by atoms with Crippen LogP contribution in [0.15, 0.2) is 47.7 Å². The zero-order chi connectivity index (χ0) is 23.6. The van der Waals surface area contributed by atoms with Crippen molar-refractivity contribution < 1.29 is 13.6 Å². The molecule has 2 aliphatic rings. The van der Waals surface area contributed by atoms with Crippen LogP contribution in [0.25, 0.3) is 0 Å². The van der Waals surface area contributed by atoms with Crippen LogP contribution in [0.2, 0.25) is 0 Å². The van der Waals surface area contributed by atoms with Crippen LogP contribution in [0.1, 0.15) is 54.4 Å². The summed E-state index contributed by atoms with van der Waals surface area (Å²) in [7, 11) is 3.98. The van der Waals surface area contributed by atoms with Crippen molar-refractivity contribution in [2.24, 2.45) is 10.4 Å². The van der Waals surface area contributed by atoms with Crippen LogP contribution in [0.5, 0.6) is 0 Å². The molecule has 1 N–H and O–H groups in total. The van der Waals surface area contributed by atoms with Crippen molar-refractivity contribution in [3.05, 3.63) is 65.0 Å². The second-order valence-electron chi connectivity index (χ2n) is 9.72. The number of hydrogen-bond acceptors (Lipinski definition) is 4. The number of halogens is 2.